The van der Waals surface area contributed by atoms with E-state index in [1.165, 1.54) is 0 Å². The number of benzene rings is 1. The van der Waals surface area contributed by atoms with Crippen molar-refractivity contribution in [1.82, 2.24) is 24.9 Å². The molecule has 7 heteroatoms. The molecule has 160 valence electrons. The van der Waals surface area contributed by atoms with Crippen molar-refractivity contribution < 1.29 is 4.79 Å². The summed E-state index contributed by atoms with van der Waals surface area (Å²) in [6.45, 7) is 12.0. The summed E-state index contributed by atoms with van der Waals surface area (Å²) in [6.07, 6.45) is 0. The average molecular weight is 409 g/mol. The highest BCUT2D eigenvalue weighted by Gasteiger charge is 2.21. The van der Waals surface area contributed by atoms with Gasteiger partial charge in [-0.3, -0.25) is 9.69 Å². The minimum Gasteiger partial charge on any atom is -0.353 e. The Labute approximate surface area is 179 Å². The molecule has 0 radical (unpaired) electrons. The second-order valence-corrected chi connectivity index (χ2v) is 8.57. The molecule has 2 aromatic rings. The van der Waals surface area contributed by atoms with Crippen molar-refractivity contribution in [2.24, 2.45) is 0 Å². The van der Waals surface area contributed by atoms with Crippen molar-refractivity contribution in [1.29, 1.82) is 0 Å². The molecule has 2 fully saturated rings. The van der Waals surface area contributed by atoms with E-state index in [0.29, 0.717) is 6.04 Å². The fraction of sp³-hybridized carbons (Fsp3) is 0.522. The smallest absolute Gasteiger partial charge is 0.253 e. The molecule has 0 aliphatic carbocycles. The number of carbonyl (C=O) groups is 1. The first kappa shape index (κ1) is 20.8. The third-order valence-electron chi connectivity index (χ3n) is 6.24. The van der Waals surface area contributed by atoms with Crippen LogP contribution in [0.1, 0.15) is 24.2 Å². The Hall–Kier alpha value is -2.51. The van der Waals surface area contributed by atoms with Gasteiger partial charge in [0.25, 0.3) is 5.91 Å². The second kappa shape index (κ2) is 9.10. The van der Waals surface area contributed by atoms with Gasteiger partial charge in [0.05, 0.1) is 5.69 Å². The maximum absolute atomic E-state index is 12.7. The molecule has 1 aromatic carbocycles. The van der Waals surface area contributed by atoms with Crippen molar-refractivity contribution in [3.63, 3.8) is 0 Å². The summed E-state index contributed by atoms with van der Waals surface area (Å²) in [5, 5.41) is 8.91. The molecule has 2 saturated heterocycles. The molecule has 7 nitrogen and oxygen atoms in total. The fourth-order valence-electron chi connectivity index (χ4n) is 4.09. The van der Waals surface area contributed by atoms with Gasteiger partial charge >= 0.3 is 0 Å². The van der Waals surface area contributed by atoms with Gasteiger partial charge in [-0.05, 0) is 45.2 Å². The Bertz CT molecular complexity index is 835. The fourth-order valence-corrected chi connectivity index (χ4v) is 4.09. The highest BCUT2D eigenvalue weighted by atomic mass is 16.2. The summed E-state index contributed by atoms with van der Waals surface area (Å²) in [5.74, 6) is 1.04. The summed E-state index contributed by atoms with van der Waals surface area (Å²) in [5.41, 5.74) is 2.54. The standard InChI is InChI=1S/C23H32N6O/c1-18(2)27-14-16-28(17-15-27)22-9-8-21(24-25-22)19-4-6-20(7-5-19)23(30)29-12-10-26(3)11-13-29/h4-9,18H,10-17H2,1-3H3. The molecule has 1 amide bonds. The minimum absolute atomic E-state index is 0.108. The molecule has 2 aliphatic rings. The highest BCUT2D eigenvalue weighted by Crippen LogP contribution is 2.21. The lowest BCUT2D eigenvalue weighted by molar-refractivity contribution is 0.0664. The van der Waals surface area contributed by atoms with E-state index in [1.807, 2.05) is 35.2 Å². The lowest BCUT2D eigenvalue weighted by Crippen LogP contribution is -2.49. The van der Waals surface area contributed by atoms with Crippen LogP contribution in [-0.2, 0) is 0 Å². The maximum Gasteiger partial charge on any atom is 0.253 e. The van der Waals surface area contributed by atoms with Gasteiger partial charge in [0, 0.05) is 69.5 Å². The minimum atomic E-state index is 0.108. The van der Waals surface area contributed by atoms with Crippen LogP contribution >= 0.6 is 0 Å². The molecule has 0 unspecified atom stereocenters. The van der Waals surface area contributed by atoms with Crippen molar-refractivity contribution in [2.75, 3.05) is 64.3 Å². The molecule has 1 aromatic heterocycles. The number of likely N-dealkylation sites (N-methyl/N-ethyl adjacent to an activating group) is 1. The Kier molecular flexibility index (Phi) is 6.29. The largest absolute Gasteiger partial charge is 0.353 e. The van der Waals surface area contributed by atoms with E-state index in [0.717, 1.165) is 75.0 Å². The van der Waals surface area contributed by atoms with E-state index in [9.17, 15) is 4.79 Å². The van der Waals surface area contributed by atoms with Crippen LogP contribution in [0.25, 0.3) is 11.3 Å². The SMILES string of the molecule is CC(C)N1CCN(c2ccc(-c3ccc(C(=O)N4CCN(C)CC4)cc3)nn2)CC1. The average Bonchev–Trinajstić information content (AvgIpc) is 2.79. The molecular weight excluding hydrogens is 376 g/mol. The molecule has 3 heterocycles. The maximum atomic E-state index is 12.7. The number of hydrogen-bond donors (Lipinski definition) is 0. The van der Waals surface area contributed by atoms with Crippen LogP contribution in [0, 0.1) is 0 Å². The predicted octanol–water partition coefficient (Wildman–Crippen LogP) is 2.06. The Morgan fingerprint density at radius 1 is 0.833 bits per heavy atom. The number of rotatable bonds is 4. The third-order valence-corrected chi connectivity index (χ3v) is 6.24. The molecule has 0 bridgehead atoms. The normalized spacial score (nSPS) is 18.8. The van der Waals surface area contributed by atoms with E-state index in [2.05, 4.69) is 51.9 Å². The number of nitrogens with zero attached hydrogens (tertiary/aromatic N) is 6. The predicted molar refractivity (Wildman–Crippen MR) is 120 cm³/mol. The van der Waals surface area contributed by atoms with E-state index < -0.39 is 0 Å². The van der Waals surface area contributed by atoms with Gasteiger partial charge in [-0.2, -0.15) is 0 Å². The Balaban J connectivity index is 1.38. The Morgan fingerprint density at radius 2 is 1.50 bits per heavy atom. The molecule has 0 saturated carbocycles. The monoisotopic (exact) mass is 408 g/mol. The van der Waals surface area contributed by atoms with E-state index in [-0.39, 0.29) is 5.91 Å². The van der Waals surface area contributed by atoms with Crippen LogP contribution in [0.5, 0.6) is 0 Å². The molecule has 4 rings (SSSR count). The number of piperazine rings is 2. The zero-order chi connectivity index (χ0) is 21.1. The van der Waals surface area contributed by atoms with Gasteiger partial charge in [0.15, 0.2) is 5.82 Å². The van der Waals surface area contributed by atoms with Crippen LogP contribution in [0.4, 0.5) is 5.82 Å². The van der Waals surface area contributed by atoms with Crippen LogP contribution in [0.3, 0.4) is 0 Å². The quantitative estimate of drug-likeness (QED) is 0.772. The molecule has 2 aliphatic heterocycles. The third kappa shape index (κ3) is 4.63. The summed E-state index contributed by atoms with van der Waals surface area (Å²) < 4.78 is 0. The van der Waals surface area contributed by atoms with Crippen LogP contribution < -0.4 is 4.90 Å². The van der Waals surface area contributed by atoms with Gasteiger partial charge in [-0.15, -0.1) is 10.2 Å². The zero-order valence-corrected chi connectivity index (χ0v) is 18.3. The Morgan fingerprint density at radius 3 is 2.07 bits per heavy atom. The van der Waals surface area contributed by atoms with E-state index in [4.69, 9.17) is 0 Å². The van der Waals surface area contributed by atoms with Crippen LogP contribution in [0.15, 0.2) is 36.4 Å². The zero-order valence-electron chi connectivity index (χ0n) is 18.3. The van der Waals surface area contributed by atoms with Crippen molar-refractivity contribution >= 4 is 11.7 Å². The first-order valence-corrected chi connectivity index (χ1v) is 10.9. The molecule has 30 heavy (non-hydrogen) atoms. The van der Waals surface area contributed by atoms with Gasteiger partial charge < -0.3 is 14.7 Å². The van der Waals surface area contributed by atoms with E-state index >= 15 is 0 Å². The topological polar surface area (TPSA) is 55.8 Å². The molecular formula is C23H32N6O. The number of anilines is 1. The van der Waals surface area contributed by atoms with Crippen LogP contribution in [0.2, 0.25) is 0 Å². The summed E-state index contributed by atoms with van der Waals surface area (Å²) in [7, 11) is 2.09. The number of aromatic nitrogens is 2. The molecule has 0 spiro atoms. The first-order valence-electron chi connectivity index (χ1n) is 10.9. The molecule has 0 N–H and O–H groups in total. The number of hydrogen-bond acceptors (Lipinski definition) is 6. The van der Waals surface area contributed by atoms with Crippen molar-refractivity contribution in [2.45, 2.75) is 19.9 Å². The molecule has 0 atom stereocenters. The van der Waals surface area contributed by atoms with Crippen molar-refractivity contribution in [3.05, 3.63) is 42.0 Å². The summed E-state index contributed by atoms with van der Waals surface area (Å²) in [4.78, 5) is 21.7. The van der Waals surface area contributed by atoms with Gasteiger partial charge in [0.2, 0.25) is 0 Å². The number of amides is 1. The van der Waals surface area contributed by atoms with Crippen LogP contribution in [-0.4, -0.2) is 96.3 Å². The number of carbonyl (C=O) groups excluding carboxylic acids is 1. The summed E-state index contributed by atoms with van der Waals surface area (Å²) >= 11 is 0. The lowest BCUT2D eigenvalue weighted by atomic mass is 10.1. The highest BCUT2D eigenvalue weighted by molar-refractivity contribution is 5.94. The lowest BCUT2D eigenvalue weighted by Gasteiger charge is -2.37. The van der Waals surface area contributed by atoms with E-state index in [1.54, 1.807) is 0 Å². The van der Waals surface area contributed by atoms with Crippen molar-refractivity contribution in [3.8, 4) is 11.3 Å². The summed E-state index contributed by atoms with van der Waals surface area (Å²) in [6, 6.07) is 12.4. The van der Waals surface area contributed by atoms with Gasteiger partial charge in [-0.25, -0.2) is 0 Å². The second-order valence-electron chi connectivity index (χ2n) is 8.57. The van der Waals surface area contributed by atoms with Gasteiger partial charge in [-0.1, -0.05) is 12.1 Å². The first-order chi connectivity index (χ1) is 14.5. The van der Waals surface area contributed by atoms with Gasteiger partial charge in [0.1, 0.15) is 0 Å².